The number of aliphatic imine (C=N–C) groups is 1. The Bertz CT molecular complexity index is 278. The monoisotopic (exact) mass is 243 g/mol. The van der Waals surface area contributed by atoms with E-state index < -0.39 is 6.04 Å². The molecule has 1 heterocycles. The van der Waals surface area contributed by atoms with Gasteiger partial charge in [-0.15, -0.1) is 0 Å². The second-order valence-electron chi connectivity index (χ2n) is 4.98. The van der Waals surface area contributed by atoms with Gasteiger partial charge in [0.2, 0.25) is 0 Å². The van der Waals surface area contributed by atoms with Crippen LogP contribution in [0.3, 0.4) is 0 Å². The number of carbonyl (C=O) groups excluding carboxylic acids is 1. The van der Waals surface area contributed by atoms with E-state index in [1.807, 2.05) is 0 Å². The van der Waals surface area contributed by atoms with Crippen molar-refractivity contribution < 1.29 is 19.0 Å². The highest BCUT2D eigenvalue weighted by Crippen LogP contribution is 2.23. The lowest BCUT2D eigenvalue weighted by molar-refractivity contribution is -0.217. The number of hydrogen-bond acceptors (Lipinski definition) is 5. The minimum absolute atomic E-state index is 0.0763. The average Bonchev–Trinajstić information content (AvgIpc) is 2.30. The lowest BCUT2D eigenvalue weighted by atomic mass is 9.95. The summed E-state index contributed by atoms with van der Waals surface area (Å²) in [6.45, 7) is 7.23. The molecule has 1 aliphatic rings. The molecule has 0 radical (unpaired) electrons. The third-order valence-corrected chi connectivity index (χ3v) is 2.49. The van der Waals surface area contributed by atoms with Crippen LogP contribution >= 0.6 is 0 Å². The highest BCUT2D eigenvalue weighted by atomic mass is 16.7. The highest BCUT2D eigenvalue weighted by Gasteiger charge is 2.27. The van der Waals surface area contributed by atoms with Crippen LogP contribution in [0.15, 0.2) is 4.99 Å². The van der Waals surface area contributed by atoms with Gasteiger partial charge in [-0.25, -0.2) is 4.79 Å². The minimum atomic E-state index is -0.472. The van der Waals surface area contributed by atoms with Crippen molar-refractivity contribution in [3.05, 3.63) is 0 Å². The van der Waals surface area contributed by atoms with Crippen molar-refractivity contribution in [2.75, 3.05) is 20.3 Å². The molecule has 0 spiro atoms. The summed E-state index contributed by atoms with van der Waals surface area (Å²) in [5.41, 5.74) is 0.0763. The number of rotatable bonds is 4. The van der Waals surface area contributed by atoms with Gasteiger partial charge in [-0.1, -0.05) is 13.8 Å². The van der Waals surface area contributed by atoms with Crippen LogP contribution in [0.4, 0.5) is 0 Å². The van der Waals surface area contributed by atoms with E-state index in [1.54, 1.807) is 13.1 Å². The number of esters is 1. The van der Waals surface area contributed by atoms with Crippen LogP contribution in [0.1, 0.15) is 27.2 Å². The Hall–Kier alpha value is -0.940. The van der Waals surface area contributed by atoms with Crippen molar-refractivity contribution in [2.45, 2.75) is 39.5 Å². The summed E-state index contributed by atoms with van der Waals surface area (Å²) in [4.78, 5) is 15.1. The van der Waals surface area contributed by atoms with E-state index in [1.165, 1.54) is 7.11 Å². The first-order valence-corrected chi connectivity index (χ1v) is 5.77. The molecular weight excluding hydrogens is 222 g/mol. The summed E-state index contributed by atoms with van der Waals surface area (Å²) >= 11 is 0. The zero-order chi connectivity index (χ0) is 12.9. The summed E-state index contributed by atoms with van der Waals surface area (Å²) in [6, 6.07) is -0.472. The Kier molecular flexibility index (Phi) is 5.08. The maximum absolute atomic E-state index is 11.1. The predicted octanol–water partition coefficient (Wildman–Crippen LogP) is 1.41. The molecule has 0 aromatic heterocycles. The average molecular weight is 243 g/mol. The third-order valence-electron chi connectivity index (χ3n) is 2.49. The van der Waals surface area contributed by atoms with Crippen LogP contribution < -0.4 is 0 Å². The maximum atomic E-state index is 11.1. The van der Waals surface area contributed by atoms with Crippen LogP contribution in [0.25, 0.3) is 0 Å². The normalized spacial score (nSPS) is 22.6. The molecule has 1 fully saturated rings. The summed E-state index contributed by atoms with van der Waals surface area (Å²) in [7, 11) is 1.35. The zero-order valence-electron chi connectivity index (χ0n) is 10.9. The van der Waals surface area contributed by atoms with Crippen LogP contribution in [0.5, 0.6) is 0 Å². The van der Waals surface area contributed by atoms with Crippen molar-refractivity contribution in [2.24, 2.45) is 10.4 Å². The molecule has 0 aromatic rings. The first kappa shape index (κ1) is 14.1. The van der Waals surface area contributed by atoms with Gasteiger partial charge in [-0.2, -0.15) is 0 Å². The van der Waals surface area contributed by atoms with Gasteiger partial charge in [-0.05, 0) is 6.92 Å². The van der Waals surface area contributed by atoms with Gasteiger partial charge in [0.1, 0.15) is 6.04 Å². The SMILES string of the molecule is COC(=O)[C@H](C)N=CCC1OCC(C)(C)CO1. The summed E-state index contributed by atoms with van der Waals surface area (Å²) in [5.74, 6) is -0.340. The predicted molar refractivity (Wildman–Crippen MR) is 64.1 cm³/mol. The fourth-order valence-corrected chi connectivity index (χ4v) is 1.40. The van der Waals surface area contributed by atoms with Crippen LogP contribution in [0.2, 0.25) is 0 Å². The van der Waals surface area contributed by atoms with Gasteiger partial charge >= 0.3 is 5.97 Å². The summed E-state index contributed by atoms with van der Waals surface area (Å²) < 4.78 is 15.6. The molecule has 0 aromatic carbocycles. The molecule has 5 nitrogen and oxygen atoms in total. The number of hydrogen-bond donors (Lipinski definition) is 0. The van der Waals surface area contributed by atoms with E-state index in [-0.39, 0.29) is 17.7 Å². The van der Waals surface area contributed by atoms with E-state index in [0.717, 1.165) is 0 Å². The Morgan fingerprint density at radius 1 is 1.53 bits per heavy atom. The molecule has 1 saturated heterocycles. The van der Waals surface area contributed by atoms with Gasteiger partial charge in [0.15, 0.2) is 6.29 Å². The van der Waals surface area contributed by atoms with Crippen molar-refractivity contribution in [1.82, 2.24) is 0 Å². The van der Waals surface area contributed by atoms with Gasteiger partial charge in [-0.3, -0.25) is 4.99 Å². The van der Waals surface area contributed by atoms with Gasteiger partial charge in [0.25, 0.3) is 0 Å². The second-order valence-corrected chi connectivity index (χ2v) is 4.98. The quantitative estimate of drug-likeness (QED) is 0.553. The fraction of sp³-hybridized carbons (Fsp3) is 0.833. The van der Waals surface area contributed by atoms with E-state index >= 15 is 0 Å². The first-order chi connectivity index (χ1) is 7.94. The van der Waals surface area contributed by atoms with Crippen molar-refractivity contribution in [3.8, 4) is 0 Å². The molecule has 0 aliphatic carbocycles. The molecular formula is C12H21NO4. The topological polar surface area (TPSA) is 57.1 Å². The maximum Gasteiger partial charge on any atom is 0.330 e. The number of ether oxygens (including phenoxy) is 3. The molecule has 5 heteroatoms. The lowest BCUT2D eigenvalue weighted by Crippen LogP contribution is -2.37. The van der Waals surface area contributed by atoms with E-state index in [2.05, 4.69) is 23.6 Å². The summed E-state index contributed by atoms with van der Waals surface area (Å²) in [6.07, 6.45) is 1.96. The Morgan fingerprint density at radius 3 is 2.65 bits per heavy atom. The molecule has 1 rings (SSSR count). The van der Waals surface area contributed by atoms with Crippen molar-refractivity contribution in [1.29, 1.82) is 0 Å². The minimum Gasteiger partial charge on any atom is -0.467 e. The first-order valence-electron chi connectivity index (χ1n) is 5.77. The van der Waals surface area contributed by atoms with Crippen LogP contribution in [0, 0.1) is 5.41 Å². The fourth-order valence-electron chi connectivity index (χ4n) is 1.40. The largest absolute Gasteiger partial charge is 0.467 e. The van der Waals surface area contributed by atoms with Gasteiger partial charge in [0, 0.05) is 18.1 Å². The standard InChI is InChI=1S/C12H21NO4/c1-9(11(14)15-4)13-6-5-10-16-7-12(2,3)8-17-10/h6,9-10H,5,7-8H2,1-4H3/t9-/m0/s1. The lowest BCUT2D eigenvalue weighted by Gasteiger charge is -2.34. The van der Waals surface area contributed by atoms with E-state index in [9.17, 15) is 4.79 Å². The van der Waals surface area contributed by atoms with Crippen LogP contribution in [-0.4, -0.2) is 44.8 Å². The Morgan fingerprint density at radius 2 is 2.12 bits per heavy atom. The van der Waals surface area contributed by atoms with Crippen molar-refractivity contribution in [3.63, 3.8) is 0 Å². The molecule has 0 amide bonds. The number of carbonyl (C=O) groups is 1. The molecule has 0 saturated carbocycles. The molecule has 1 atom stereocenters. The molecule has 0 bridgehead atoms. The Balaban J connectivity index is 2.28. The highest BCUT2D eigenvalue weighted by molar-refractivity contribution is 5.77. The van der Waals surface area contributed by atoms with Crippen LogP contribution in [-0.2, 0) is 19.0 Å². The van der Waals surface area contributed by atoms with Crippen molar-refractivity contribution >= 4 is 12.2 Å². The summed E-state index contributed by atoms with van der Waals surface area (Å²) in [5, 5.41) is 0. The van der Waals surface area contributed by atoms with E-state index in [0.29, 0.717) is 19.6 Å². The molecule has 0 N–H and O–H groups in total. The van der Waals surface area contributed by atoms with E-state index in [4.69, 9.17) is 9.47 Å². The third kappa shape index (κ3) is 4.83. The zero-order valence-corrected chi connectivity index (χ0v) is 10.9. The molecule has 0 unspecified atom stereocenters. The van der Waals surface area contributed by atoms with Gasteiger partial charge < -0.3 is 14.2 Å². The smallest absolute Gasteiger partial charge is 0.330 e. The second kappa shape index (κ2) is 6.12. The molecule has 17 heavy (non-hydrogen) atoms. The van der Waals surface area contributed by atoms with Gasteiger partial charge in [0.05, 0.1) is 20.3 Å². The molecule has 98 valence electrons. The number of nitrogens with zero attached hydrogens (tertiary/aromatic N) is 1. The molecule has 1 aliphatic heterocycles. The Labute approximate surface area is 102 Å². The number of methoxy groups -OCH3 is 1.